The molecule has 1 saturated heterocycles. The van der Waals surface area contributed by atoms with Crippen molar-refractivity contribution in [2.75, 3.05) is 28.6 Å². The predicted octanol–water partition coefficient (Wildman–Crippen LogP) is 5.31. The Balaban J connectivity index is 1.36. The van der Waals surface area contributed by atoms with Crippen molar-refractivity contribution in [1.82, 2.24) is 10.2 Å². The minimum Gasteiger partial charge on any atom is -0.355 e. The van der Waals surface area contributed by atoms with Crippen molar-refractivity contribution in [3.8, 4) is 11.3 Å². The van der Waals surface area contributed by atoms with Crippen LogP contribution in [0.25, 0.3) is 11.3 Å². The van der Waals surface area contributed by atoms with Crippen LogP contribution in [0.2, 0.25) is 0 Å². The molecule has 30 heavy (non-hydrogen) atoms. The van der Waals surface area contributed by atoms with E-state index in [1.165, 1.54) is 49.9 Å². The molecule has 0 aliphatic carbocycles. The van der Waals surface area contributed by atoms with E-state index in [2.05, 4.69) is 25.7 Å². The molecule has 2 heterocycles. The van der Waals surface area contributed by atoms with Gasteiger partial charge < -0.3 is 15.5 Å². The Morgan fingerprint density at radius 2 is 1.37 bits per heavy atom. The van der Waals surface area contributed by atoms with Crippen molar-refractivity contribution in [2.45, 2.75) is 25.7 Å². The van der Waals surface area contributed by atoms with Crippen molar-refractivity contribution >= 4 is 23.2 Å². The number of nitrogens with zero attached hydrogens (tertiary/aromatic N) is 3. The Labute approximate surface area is 175 Å². The predicted molar refractivity (Wildman–Crippen MR) is 117 cm³/mol. The number of urea groups is 1. The molecule has 0 spiro atoms. The number of halogens is 1. The molecule has 4 rings (SSSR count). The van der Waals surface area contributed by atoms with E-state index in [1.807, 2.05) is 36.4 Å². The smallest absolute Gasteiger partial charge is 0.323 e. The average Bonchev–Trinajstić information content (AvgIpc) is 3.06. The van der Waals surface area contributed by atoms with Gasteiger partial charge in [-0.15, -0.1) is 10.2 Å². The molecule has 2 N–H and O–H groups in total. The maximum absolute atomic E-state index is 12.9. The first-order valence-electron chi connectivity index (χ1n) is 10.2. The zero-order valence-corrected chi connectivity index (χ0v) is 16.6. The van der Waals surface area contributed by atoms with Gasteiger partial charge in [0, 0.05) is 30.0 Å². The van der Waals surface area contributed by atoms with Crippen LogP contribution in [-0.2, 0) is 0 Å². The molecule has 0 saturated carbocycles. The van der Waals surface area contributed by atoms with Crippen LogP contribution in [0.3, 0.4) is 0 Å². The highest BCUT2D eigenvalue weighted by atomic mass is 19.1. The Morgan fingerprint density at radius 1 is 0.767 bits per heavy atom. The van der Waals surface area contributed by atoms with Crippen molar-refractivity contribution in [2.24, 2.45) is 0 Å². The minimum absolute atomic E-state index is 0.348. The third-order valence-corrected chi connectivity index (χ3v) is 5.12. The summed E-state index contributed by atoms with van der Waals surface area (Å²) in [4.78, 5) is 14.4. The van der Waals surface area contributed by atoms with Crippen molar-refractivity contribution in [3.05, 3.63) is 66.5 Å². The zero-order valence-electron chi connectivity index (χ0n) is 16.6. The molecule has 0 unspecified atom stereocenters. The van der Waals surface area contributed by atoms with Crippen LogP contribution in [0.5, 0.6) is 0 Å². The number of aromatic nitrogens is 2. The van der Waals surface area contributed by atoms with Crippen LogP contribution in [0.4, 0.5) is 26.4 Å². The second kappa shape index (κ2) is 9.35. The van der Waals surface area contributed by atoms with Crippen molar-refractivity contribution in [1.29, 1.82) is 0 Å². The first-order chi connectivity index (χ1) is 14.7. The van der Waals surface area contributed by atoms with Gasteiger partial charge in [0.15, 0.2) is 5.82 Å². The van der Waals surface area contributed by atoms with Crippen LogP contribution in [0.15, 0.2) is 60.7 Å². The van der Waals surface area contributed by atoms with E-state index in [9.17, 15) is 9.18 Å². The summed E-state index contributed by atoms with van der Waals surface area (Å²) < 4.78 is 12.9. The standard InChI is InChI=1S/C23H24FN5O/c24-18-7-11-20(12-8-18)26-23(30)25-19-9-5-17(6-10-19)21-13-14-22(28-27-21)29-15-3-1-2-4-16-29/h5-14H,1-4,15-16H2,(H2,25,26,30). The maximum Gasteiger partial charge on any atom is 0.323 e. The van der Waals surface area contributed by atoms with Gasteiger partial charge in [-0.1, -0.05) is 25.0 Å². The number of benzene rings is 2. The second-order valence-corrected chi connectivity index (χ2v) is 7.34. The molecule has 0 bridgehead atoms. The molecule has 1 aliphatic rings. The number of nitrogens with one attached hydrogen (secondary N) is 2. The van der Waals surface area contributed by atoms with Crippen LogP contribution >= 0.6 is 0 Å². The summed E-state index contributed by atoms with van der Waals surface area (Å²) in [6.07, 6.45) is 4.97. The zero-order chi connectivity index (χ0) is 20.8. The lowest BCUT2D eigenvalue weighted by Crippen LogP contribution is -2.25. The van der Waals surface area contributed by atoms with Crippen LogP contribution in [0, 0.1) is 5.82 Å². The molecule has 154 valence electrons. The number of anilines is 3. The number of hydrogen-bond donors (Lipinski definition) is 2. The number of hydrogen-bond acceptors (Lipinski definition) is 4. The van der Waals surface area contributed by atoms with Gasteiger partial charge in [-0.2, -0.15) is 0 Å². The average molecular weight is 405 g/mol. The van der Waals surface area contributed by atoms with Gasteiger partial charge in [0.1, 0.15) is 5.82 Å². The summed E-state index contributed by atoms with van der Waals surface area (Å²) in [7, 11) is 0. The fourth-order valence-corrected chi connectivity index (χ4v) is 3.50. The van der Waals surface area contributed by atoms with Gasteiger partial charge in [-0.3, -0.25) is 0 Å². The van der Waals surface area contributed by atoms with Crippen LogP contribution in [-0.4, -0.2) is 29.3 Å². The summed E-state index contributed by atoms with van der Waals surface area (Å²) in [5.74, 6) is 0.579. The quantitative estimate of drug-likeness (QED) is 0.617. The van der Waals surface area contributed by atoms with Gasteiger partial charge in [-0.25, -0.2) is 9.18 Å². The van der Waals surface area contributed by atoms with Gasteiger partial charge in [0.05, 0.1) is 5.69 Å². The van der Waals surface area contributed by atoms with E-state index < -0.39 is 6.03 Å². The molecule has 1 aromatic heterocycles. The van der Waals surface area contributed by atoms with E-state index >= 15 is 0 Å². The van der Waals surface area contributed by atoms with Gasteiger partial charge >= 0.3 is 6.03 Å². The number of amides is 2. The first-order valence-corrected chi connectivity index (χ1v) is 10.2. The minimum atomic E-state index is -0.393. The summed E-state index contributed by atoms with van der Waals surface area (Å²) >= 11 is 0. The third-order valence-electron chi connectivity index (χ3n) is 5.12. The second-order valence-electron chi connectivity index (χ2n) is 7.34. The Kier molecular flexibility index (Phi) is 6.17. The third kappa shape index (κ3) is 5.11. The highest BCUT2D eigenvalue weighted by molar-refractivity contribution is 5.99. The summed E-state index contributed by atoms with van der Waals surface area (Å²) in [6.45, 7) is 2.07. The SMILES string of the molecule is O=C(Nc1ccc(F)cc1)Nc1ccc(-c2ccc(N3CCCCCC3)nn2)cc1. The Hall–Kier alpha value is -3.48. The first kappa shape index (κ1) is 19.8. The number of carbonyl (C=O) groups is 1. The molecule has 0 atom stereocenters. The maximum atomic E-state index is 12.9. The molecule has 6 nitrogen and oxygen atoms in total. The molecule has 1 aliphatic heterocycles. The topological polar surface area (TPSA) is 70.2 Å². The van der Waals surface area contributed by atoms with Crippen molar-refractivity contribution < 1.29 is 9.18 Å². The summed E-state index contributed by atoms with van der Waals surface area (Å²) in [5.41, 5.74) is 2.88. The molecule has 3 aromatic rings. The normalized spacial score (nSPS) is 14.1. The molecule has 2 amide bonds. The Morgan fingerprint density at radius 3 is 1.93 bits per heavy atom. The van der Waals surface area contributed by atoms with E-state index in [0.717, 1.165) is 30.2 Å². The lowest BCUT2D eigenvalue weighted by Gasteiger charge is -2.20. The summed E-state index contributed by atoms with van der Waals surface area (Å²) in [6, 6.07) is 16.6. The lowest BCUT2D eigenvalue weighted by atomic mass is 10.1. The van der Waals surface area contributed by atoms with Crippen LogP contribution in [0.1, 0.15) is 25.7 Å². The van der Waals surface area contributed by atoms with Gasteiger partial charge in [-0.05, 0) is 61.4 Å². The highest BCUT2D eigenvalue weighted by Gasteiger charge is 2.12. The molecular formula is C23H24FN5O. The molecule has 2 aromatic carbocycles. The van der Waals surface area contributed by atoms with E-state index in [1.54, 1.807) is 0 Å². The molecular weight excluding hydrogens is 381 g/mol. The van der Waals surface area contributed by atoms with E-state index in [4.69, 9.17) is 0 Å². The summed E-state index contributed by atoms with van der Waals surface area (Å²) in [5, 5.41) is 14.2. The van der Waals surface area contributed by atoms with Gasteiger partial charge in [0.2, 0.25) is 0 Å². The van der Waals surface area contributed by atoms with Crippen LogP contribution < -0.4 is 15.5 Å². The number of carbonyl (C=O) groups excluding carboxylic acids is 1. The molecule has 0 radical (unpaired) electrons. The lowest BCUT2D eigenvalue weighted by molar-refractivity contribution is 0.262. The van der Waals surface area contributed by atoms with E-state index in [-0.39, 0.29) is 5.82 Å². The Bertz CT molecular complexity index is 966. The highest BCUT2D eigenvalue weighted by Crippen LogP contribution is 2.22. The molecule has 7 heteroatoms. The number of rotatable bonds is 4. The fraction of sp³-hybridized carbons (Fsp3) is 0.261. The monoisotopic (exact) mass is 405 g/mol. The fourth-order valence-electron chi connectivity index (χ4n) is 3.50. The molecule has 1 fully saturated rings. The van der Waals surface area contributed by atoms with Crippen molar-refractivity contribution in [3.63, 3.8) is 0 Å². The largest absolute Gasteiger partial charge is 0.355 e. The van der Waals surface area contributed by atoms with E-state index in [0.29, 0.717) is 11.4 Å². The van der Waals surface area contributed by atoms with Gasteiger partial charge in [0.25, 0.3) is 0 Å².